The fourth-order valence-electron chi connectivity index (χ4n) is 3.47. The third-order valence-electron chi connectivity index (χ3n) is 5.42. The van der Waals surface area contributed by atoms with E-state index in [0.717, 1.165) is 39.2 Å². The topological polar surface area (TPSA) is 83.0 Å². The second-order valence-corrected chi connectivity index (χ2v) is 8.90. The van der Waals surface area contributed by atoms with E-state index in [4.69, 9.17) is 4.74 Å². The molecule has 0 aliphatic carbocycles. The summed E-state index contributed by atoms with van der Waals surface area (Å²) in [7, 11) is 1.61. The first-order valence-corrected chi connectivity index (χ1v) is 12.6. The van der Waals surface area contributed by atoms with Gasteiger partial charge in [-0.15, -0.1) is 0 Å². The van der Waals surface area contributed by atoms with Crippen molar-refractivity contribution in [2.45, 2.75) is 13.8 Å². The first kappa shape index (κ1) is 26.9. The zero-order chi connectivity index (χ0) is 25.9. The standard InChI is InChI=1S/C28H29IN4O3/c1-4-33(5-2)23-14-11-20(12-15-23)18-25(31-27(34)22-9-7-6-8-10-22)28(35)32-30-19-21-13-16-26(36-3)24(29)17-21/h6-19H,4-5H2,1-3H3,(H,31,34)(H,32,35). The lowest BCUT2D eigenvalue weighted by molar-refractivity contribution is -0.117. The van der Waals surface area contributed by atoms with E-state index in [1.54, 1.807) is 37.5 Å². The van der Waals surface area contributed by atoms with Gasteiger partial charge in [0.1, 0.15) is 11.4 Å². The number of nitrogens with zero attached hydrogens (tertiary/aromatic N) is 2. The molecule has 0 atom stereocenters. The number of halogens is 1. The zero-order valence-electron chi connectivity index (χ0n) is 20.5. The van der Waals surface area contributed by atoms with Crippen LogP contribution in [0.1, 0.15) is 35.3 Å². The third kappa shape index (κ3) is 7.42. The minimum atomic E-state index is -0.536. The number of methoxy groups -OCH3 is 1. The molecule has 0 fully saturated rings. The van der Waals surface area contributed by atoms with Gasteiger partial charge in [-0.05, 0) is 96.1 Å². The summed E-state index contributed by atoms with van der Waals surface area (Å²) in [6.45, 7) is 6.01. The molecule has 0 bridgehead atoms. The average Bonchev–Trinajstić information content (AvgIpc) is 2.90. The first-order chi connectivity index (χ1) is 17.4. The van der Waals surface area contributed by atoms with Crippen molar-refractivity contribution in [1.29, 1.82) is 0 Å². The van der Waals surface area contributed by atoms with Crippen LogP contribution in [-0.2, 0) is 4.79 Å². The number of hydrazone groups is 1. The lowest BCUT2D eigenvalue weighted by Crippen LogP contribution is -2.32. The van der Waals surface area contributed by atoms with Gasteiger partial charge in [0.2, 0.25) is 0 Å². The van der Waals surface area contributed by atoms with Gasteiger partial charge in [0.25, 0.3) is 11.8 Å². The number of hydrogen-bond donors (Lipinski definition) is 2. The Kier molecular flexibility index (Phi) is 10.1. The van der Waals surface area contributed by atoms with Crippen molar-refractivity contribution in [2.24, 2.45) is 5.10 Å². The normalized spacial score (nSPS) is 11.3. The highest BCUT2D eigenvalue weighted by Crippen LogP contribution is 2.21. The molecule has 0 saturated carbocycles. The van der Waals surface area contributed by atoms with Gasteiger partial charge in [-0.3, -0.25) is 9.59 Å². The van der Waals surface area contributed by atoms with E-state index in [1.807, 2.05) is 48.5 Å². The largest absolute Gasteiger partial charge is 0.496 e. The molecule has 0 unspecified atom stereocenters. The Balaban J connectivity index is 1.81. The summed E-state index contributed by atoms with van der Waals surface area (Å²) in [4.78, 5) is 28.0. The molecule has 36 heavy (non-hydrogen) atoms. The molecule has 0 aromatic heterocycles. The van der Waals surface area contributed by atoms with Crippen molar-refractivity contribution < 1.29 is 14.3 Å². The predicted molar refractivity (Wildman–Crippen MR) is 153 cm³/mol. The van der Waals surface area contributed by atoms with Gasteiger partial charge in [-0.25, -0.2) is 5.43 Å². The molecule has 8 heteroatoms. The number of anilines is 1. The van der Waals surface area contributed by atoms with Crippen molar-refractivity contribution in [3.63, 3.8) is 0 Å². The Bertz CT molecular complexity index is 1240. The summed E-state index contributed by atoms with van der Waals surface area (Å²) in [5.74, 6) is -0.158. The molecule has 2 amide bonds. The van der Waals surface area contributed by atoms with E-state index in [-0.39, 0.29) is 11.6 Å². The number of nitrogens with one attached hydrogen (secondary N) is 2. The van der Waals surface area contributed by atoms with Crippen LogP contribution in [0.15, 0.2) is 83.6 Å². The van der Waals surface area contributed by atoms with Crippen molar-refractivity contribution in [1.82, 2.24) is 10.7 Å². The van der Waals surface area contributed by atoms with Gasteiger partial charge in [0.05, 0.1) is 16.9 Å². The third-order valence-corrected chi connectivity index (χ3v) is 6.26. The molecule has 0 saturated heterocycles. The van der Waals surface area contributed by atoms with E-state index in [2.05, 4.69) is 57.2 Å². The molecule has 0 heterocycles. The number of benzene rings is 3. The molecule has 3 rings (SSSR count). The SMILES string of the molecule is CCN(CC)c1ccc(C=C(NC(=O)c2ccccc2)C(=O)NN=Cc2ccc(OC)c(I)c2)cc1. The zero-order valence-corrected chi connectivity index (χ0v) is 22.7. The van der Waals surface area contributed by atoms with Crippen LogP contribution in [0.25, 0.3) is 6.08 Å². The van der Waals surface area contributed by atoms with E-state index < -0.39 is 5.91 Å². The monoisotopic (exact) mass is 596 g/mol. The number of amides is 2. The van der Waals surface area contributed by atoms with E-state index in [0.29, 0.717) is 5.56 Å². The van der Waals surface area contributed by atoms with Crippen LogP contribution in [0, 0.1) is 3.57 Å². The Morgan fingerprint density at radius 3 is 2.25 bits per heavy atom. The first-order valence-electron chi connectivity index (χ1n) is 11.5. The number of carbonyl (C=O) groups is 2. The van der Waals surface area contributed by atoms with Gasteiger partial charge in [0.15, 0.2) is 0 Å². The summed E-state index contributed by atoms with van der Waals surface area (Å²) < 4.78 is 6.19. The minimum Gasteiger partial charge on any atom is -0.496 e. The maximum absolute atomic E-state index is 13.0. The van der Waals surface area contributed by atoms with Gasteiger partial charge in [-0.2, -0.15) is 5.10 Å². The summed E-state index contributed by atoms with van der Waals surface area (Å²) in [5, 5.41) is 6.79. The van der Waals surface area contributed by atoms with Crippen molar-refractivity contribution in [2.75, 3.05) is 25.1 Å². The fraction of sp³-hybridized carbons (Fsp3) is 0.179. The summed E-state index contributed by atoms with van der Waals surface area (Å²) >= 11 is 2.17. The summed E-state index contributed by atoms with van der Waals surface area (Å²) in [6, 6.07) is 22.1. The molecule has 0 radical (unpaired) electrons. The molecule has 0 aliphatic heterocycles. The van der Waals surface area contributed by atoms with Crippen LogP contribution in [0.3, 0.4) is 0 Å². The Hall–Kier alpha value is -3.66. The molecule has 3 aromatic rings. The van der Waals surface area contributed by atoms with E-state index >= 15 is 0 Å². The van der Waals surface area contributed by atoms with Crippen LogP contribution in [0.5, 0.6) is 5.75 Å². The van der Waals surface area contributed by atoms with Gasteiger partial charge in [-0.1, -0.05) is 30.3 Å². The van der Waals surface area contributed by atoms with Gasteiger partial charge < -0.3 is 15.0 Å². The highest BCUT2D eigenvalue weighted by atomic mass is 127. The van der Waals surface area contributed by atoms with Crippen LogP contribution < -0.4 is 20.4 Å². The van der Waals surface area contributed by atoms with Crippen LogP contribution in [-0.4, -0.2) is 38.2 Å². The Morgan fingerprint density at radius 2 is 1.64 bits per heavy atom. The number of hydrogen-bond acceptors (Lipinski definition) is 5. The molecule has 0 aliphatic rings. The predicted octanol–water partition coefficient (Wildman–Crippen LogP) is 5.07. The van der Waals surface area contributed by atoms with E-state index in [1.165, 1.54) is 6.21 Å². The van der Waals surface area contributed by atoms with E-state index in [9.17, 15) is 9.59 Å². The van der Waals surface area contributed by atoms with Crippen LogP contribution in [0.4, 0.5) is 5.69 Å². The molecule has 186 valence electrons. The molecule has 3 aromatic carbocycles. The molecular formula is C28H29IN4O3. The Labute approximate surface area is 225 Å². The summed E-state index contributed by atoms with van der Waals surface area (Å²) in [6.07, 6.45) is 3.17. The van der Waals surface area contributed by atoms with Crippen LogP contribution >= 0.6 is 22.6 Å². The lowest BCUT2D eigenvalue weighted by Gasteiger charge is -2.20. The highest BCUT2D eigenvalue weighted by Gasteiger charge is 2.14. The molecule has 0 spiro atoms. The maximum atomic E-state index is 13.0. The molecular weight excluding hydrogens is 567 g/mol. The second-order valence-electron chi connectivity index (χ2n) is 7.74. The quantitative estimate of drug-likeness (QED) is 0.148. The maximum Gasteiger partial charge on any atom is 0.287 e. The van der Waals surface area contributed by atoms with Gasteiger partial charge >= 0.3 is 0 Å². The van der Waals surface area contributed by atoms with Gasteiger partial charge in [0, 0.05) is 24.3 Å². The second kappa shape index (κ2) is 13.4. The molecule has 2 N–H and O–H groups in total. The lowest BCUT2D eigenvalue weighted by atomic mass is 10.1. The Morgan fingerprint density at radius 1 is 0.972 bits per heavy atom. The average molecular weight is 596 g/mol. The number of carbonyl (C=O) groups excluding carboxylic acids is 2. The number of ether oxygens (including phenoxy) is 1. The van der Waals surface area contributed by atoms with Crippen molar-refractivity contribution in [3.8, 4) is 5.75 Å². The van der Waals surface area contributed by atoms with Crippen molar-refractivity contribution in [3.05, 3.63) is 98.8 Å². The fourth-order valence-corrected chi connectivity index (χ4v) is 4.23. The minimum absolute atomic E-state index is 0.0842. The molecule has 7 nitrogen and oxygen atoms in total. The van der Waals surface area contributed by atoms with Crippen LogP contribution in [0.2, 0.25) is 0 Å². The number of rotatable bonds is 10. The smallest absolute Gasteiger partial charge is 0.287 e. The summed E-state index contributed by atoms with van der Waals surface area (Å²) in [5.41, 5.74) is 5.71. The highest BCUT2D eigenvalue weighted by molar-refractivity contribution is 14.1. The van der Waals surface area contributed by atoms with Crippen molar-refractivity contribution >= 4 is 52.4 Å².